The smallest absolute Gasteiger partial charge is 0.246 e. The first-order valence-electron chi connectivity index (χ1n) is 7.46. The van der Waals surface area contributed by atoms with E-state index in [1.165, 1.54) is 30.6 Å². The molecule has 20 heavy (non-hydrogen) atoms. The summed E-state index contributed by atoms with van der Waals surface area (Å²) in [4.78, 5) is 13.1. The van der Waals surface area contributed by atoms with Crippen LogP contribution in [-0.2, 0) is 4.79 Å². The molecule has 0 aromatic heterocycles. The van der Waals surface area contributed by atoms with E-state index in [1.807, 2.05) is 18.8 Å². The van der Waals surface area contributed by atoms with Gasteiger partial charge in [-0.2, -0.15) is 0 Å². The van der Waals surface area contributed by atoms with Crippen LogP contribution in [0.4, 0.5) is 5.69 Å². The van der Waals surface area contributed by atoms with E-state index < -0.39 is 0 Å². The van der Waals surface area contributed by atoms with Crippen LogP contribution in [0.15, 0.2) is 23.1 Å². The van der Waals surface area contributed by atoms with Crippen molar-refractivity contribution < 1.29 is 4.79 Å². The van der Waals surface area contributed by atoms with Crippen LogP contribution in [-0.4, -0.2) is 18.2 Å². The van der Waals surface area contributed by atoms with Gasteiger partial charge in [0.25, 0.3) is 0 Å². The number of nitrogens with one attached hydrogen (secondary N) is 2. The lowest BCUT2D eigenvalue weighted by Gasteiger charge is -2.26. The monoisotopic (exact) mass is 290 g/mol. The van der Waals surface area contributed by atoms with E-state index in [-0.39, 0.29) is 11.9 Å². The number of likely N-dealkylation sites (N-methyl/N-ethyl adjacent to an activating group) is 1. The maximum Gasteiger partial charge on any atom is 0.246 e. The van der Waals surface area contributed by atoms with E-state index in [2.05, 4.69) is 35.8 Å². The summed E-state index contributed by atoms with van der Waals surface area (Å²) in [6.45, 7) is 2.35. The standard InChI is InChI=1S/C16H22N2OS/c1-10-4-3-5-11(8-10)20-12-6-7-13-14(9-12)18-16(19)15(13)17-2/h6-7,9-11,15,17H,3-5,8H2,1-2H3,(H,18,19). The quantitative estimate of drug-likeness (QED) is 0.894. The number of anilines is 1. The second-order valence-electron chi connectivity index (χ2n) is 5.97. The van der Waals surface area contributed by atoms with Crippen LogP contribution in [0.25, 0.3) is 0 Å². The van der Waals surface area contributed by atoms with E-state index in [4.69, 9.17) is 0 Å². The molecule has 108 valence electrons. The minimum absolute atomic E-state index is 0.0518. The van der Waals surface area contributed by atoms with Gasteiger partial charge in [-0.15, -0.1) is 11.8 Å². The number of fused-ring (bicyclic) bond motifs is 1. The molecule has 1 aliphatic heterocycles. The number of carbonyl (C=O) groups excluding carboxylic acids is 1. The largest absolute Gasteiger partial charge is 0.324 e. The molecule has 3 atom stereocenters. The second-order valence-corrected chi connectivity index (χ2v) is 7.35. The second kappa shape index (κ2) is 5.78. The van der Waals surface area contributed by atoms with Crippen molar-refractivity contribution in [2.75, 3.05) is 12.4 Å². The molecular formula is C16H22N2OS. The molecule has 1 aromatic rings. The van der Waals surface area contributed by atoms with Crippen molar-refractivity contribution in [3.8, 4) is 0 Å². The fourth-order valence-electron chi connectivity index (χ4n) is 3.28. The van der Waals surface area contributed by atoms with Crippen LogP contribution in [0.3, 0.4) is 0 Å². The zero-order chi connectivity index (χ0) is 14.1. The molecule has 1 saturated carbocycles. The Bertz CT molecular complexity index is 517. The van der Waals surface area contributed by atoms with E-state index in [1.54, 1.807) is 0 Å². The van der Waals surface area contributed by atoms with Crippen molar-refractivity contribution in [3.63, 3.8) is 0 Å². The van der Waals surface area contributed by atoms with Gasteiger partial charge < -0.3 is 10.6 Å². The molecular weight excluding hydrogens is 268 g/mol. The molecule has 4 heteroatoms. The SMILES string of the molecule is CNC1C(=O)Nc2cc(SC3CCCC(C)C3)ccc21. The third-order valence-electron chi connectivity index (χ3n) is 4.34. The highest BCUT2D eigenvalue weighted by Crippen LogP contribution is 2.39. The highest BCUT2D eigenvalue weighted by molar-refractivity contribution is 8.00. The van der Waals surface area contributed by atoms with Gasteiger partial charge in [0.2, 0.25) is 5.91 Å². The minimum Gasteiger partial charge on any atom is -0.324 e. The van der Waals surface area contributed by atoms with Gasteiger partial charge in [-0.25, -0.2) is 0 Å². The first-order chi connectivity index (χ1) is 9.67. The molecule has 0 bridgehead atoms. The molecule has 1 amide bonds. The molecule has 3 rings (SSSR count). The number of carbonyl (C=O) groups is 1. The molecule has 1 aromatic carbocycles. The summed E-state index contributed by atoms with van der Waals surface area (Å²) in [5, 5.41) is 6.76. The third kappa shape index (κ3) is 2.72. The first-order valence-corrected chi connectivity index (χ1v) is 8.34. The molecule has 1 heterocycles. The Kier molecular flexibility index (Phi) is 4.03. The Morgan fingerprint density at radius 3 is 2.95 bits per heavy atom. The highest BCUT2D eigenvalue weighted by Gasteiger charge is 2.29. The van der Waals surface area contributed by atoms with Crippen LogP contribution in [0.2, 0.25) is 0 Å². The van der Waals surface area contributed by atoms with Crippen molar-refractivity contribution in [2.24, 2.45) is 5.92 Å². The number of amides is 1. The fraction of sp³-hybridized carbons (Fsp3) is 0.562. The predicted molar refractivity (Wildman–Crippen MR) is 84.1 cm³/mol. The Labute approximate surface area is 124 Å². The fourth-order valence-corrected chi connectivity index (χ4v) is 4.71. The number of rotatable bonds is 3. The Balaban J connectivity index is 1.73. The van der Waals surface area contributed by atoms with Crippen molar-refractivity contribution in [1.29, 1.82) is 0 Å². The van der Waals surface area contributed by atoms with Crippen molar-refractivity contribution in [1.82, 2.24) is 5.32 Å². The molecule has 0 saturated heterocycles. The lowest BCUT2D eigenvalue weighted by Crippen LogP contribution is -2.23. The lowest BCUT2D eigenvalue weighted by atomic mass is 9.91. The summed E-state index contributed by atoms with van der Waals surface area (Å²) in [5.41, 5.74) is 2.04. The lowest BCUT2D eigenvalue weighted by molar-refractivity contribution is -0.117. The summed E-state index contributed by atoms with van der Waals surface area (Å²) in [7, 11) is 1.82. The van der Waals surface area contributed by atoms with E-state index in [9.17, 15) is 4.79 Å². The summed E-state index contributed by atoms with van der Waals surface area (Å²) in [6.07, 6.45) is 5.36. The summed E-state index contributed by atoms with van der Waals surface area (Å²) < 4.78 is 0. The Morgan fingerprint density at radius 2 is 2.20 bits per heavy atom. The maximum atomic E-state index is 11.8. The van der Waals surface area contributed by atoms with Gasteiger partial charge in [0.15, 0.2) is 0 Å². The number of hydrogen-bond acceptors (Lipinski definition) is 3. The number of hydrogen-bond donors (Lipinski definition) is 2. The molecule has 2 N–H and O–H groups in total. The number of benzene rings is 1. The Morgan fingerprint density at radius 1 is 1.35 bits per heavy atom. The zero-order valence-corrected chi connectivity index (χ0v) is 12.9. The number of thioether (sulfide) groups is 1. The molecule has 0 radical (unpaired) electrons. The van der Waals surface area contributed by atoms with Crippen LogP contribution in [0.1, 0.15) is 44.2 Å². The van der Waals surface area contributed by atoms with E-state index in [0.717, 1.165) is 22.4 Å². The van der Waals surface area contributed by atoms with E-state index >= 15 is 0 Å². The maximum absolute atomic E-state index is 11.8. The minimum atomic E-state index is -0.196. The average molecular weight is 290 g/mol. The molecule has 3 nitrogen and oxygen atoms in total. The molecule has 0 spiro atoms. The summed E-state index contributed by atoms with van der Waals surface area (Å²) >= 11 is 1.97. The van der Waals surface area contributed by atoms with Gasteiger partial charge in [-0.3, -0.25) is 4.79 Å². The van der Waals surface area contributed by atoms with Gasteiger partial charge in [-0.05, 0) is 37.9 Å². The van der Waals surface area contributed by atoms with Gasteiger partial charge >= 0.3 is 0 Å². The van der Waals surface area contributed by atoms with Crippen molar-refractivity contribution >= 4 is 23.4 Å². The van der Waals surface area contributed by atoms with Crippen LogP contribution in [0.5, 0.6) is 0 Å². The summed E-state index contributed by atoms with van der Waals surface area (Å²) in [6, 6.07) is 6.18. The highest BCUT2D eigenvalue weighted by atomic mass is 32.2. The molecule has 3 unspecified atom stereocenters. The van der Waals surface area contributed by atoms with Crippen molar-refractivity contribution in [3.05, 3.63) is 23.8 Å². The van der Waals surface area contributed by atoms with Crippen molar-refractivity contribution in [2.45, 2.75) is 48.8 Å². The molecule has 2 aliphatic rings. The summed E-state index contributed by atoms with van der Waals surface area (Å²) in [5.74, 6) is 0.903. The Hall–Kier alpha value is -1.00. The van der Waals surface area contributed by atoms with Gasteiger partial charge in [0.05, 0.1) is 0 Å². The van der Waals surface area contributed by atoms with Gasteiger partial charge in [-0.1, -0.05) is 25.8 Å². The van der Waals surface area contributed by atoms with Gasteiger partial charge in [0.1, 0.15) is 6.04 Å². The zero-order valence-electron chi connectivity index (χ0n) is 12.1. The average Bonchev–Trinajstić information content (AvgIpc) is 2.73. The van der Waals surface area contributed by atoms with Crippen LogP contribution < -0.4 is 10.6 Å². The first kappa shape index (κ1) is 14.0. The van der Waals surface area contributed by atoms with E-state index in [0.29, 0.717) is 0 Å². The van der Waals surface area contributed by atoms with Crippen LogP contribution in [0, 0.1) is 5.92 Å². The van der Waals surface area contributed by atoms with Crippen LogP contribution >= 0.6 is 11.8 Å². The molecule has 1 fully saturated rings. The normalized spacial score (nSPS) is 29.1. The topological polar surface area (TPSA) is 41.1 Å². The molecule has 1 aliphatic carbocycles. The predicted octanol–water partition coefficient (Wildman–Crippen LogP) is 3.57. The third-order valence-corrected chi connectivity index (χ3v) is 5.62. The van der Waals surface area contributed by atoms with Gasteiger partial charge in [0, 0.05) is 21.4 Å².